The van der Waals surface area contributed by atoms with E-state index in [-0.39, 0.29) is 11.4 Å². The van der Waals surface area contributed by atoms with Crippen LogP contribution in [0.4, 0.5) is 28.3 Å². The van der Waals surface area contributed by atoms with E-state index in [0.29, 0.717) is 11.2 Å². The van der Waals surface area contributed by atoms with Gasteiger partial charge in [-0.15, -0.1) is 11.3 Å². The second kappa shape index (κ2) is 5.49. The van der Waals surface area contributed by atoms with Gasteiger partial charge >= 0.3 is 6.98 Å². The Kier molecular flexibility index (Phi) is 3.93. The van der Waals surface area contributed by atoms with Crippen LogP contribution in [0.25, 0.3) is 0 Å². The lowest BCUT2D eigenvalue weighted by molar-refractivity contribution is 0.500. The van der Waals surface area contributed by atoms with E-state index in [4.69, 9.17) is 5.73 Å². The highest BCUT2D eigenvalue weighted by atomic mass is 32.1. The van der Waals surface area contributed by atoms with Crippen LogP contribution in [0, 0.1) is 5.82 Å². The number of nitrogens with zero attached hydrogens (tertiary/aromatic N) is 2. The normalized spacial score (nSPS) is 12.0. The van der Waals surface area contributed by atoms with Crippen molar-refractivity contribution in [3.05, 3.63) is 35.0 Å². The molecule has 0 saturated heterocycles. The zero-order valence-corrected chi connectivity index (χ0v) is 10.7. The molecule has 3 N–H and O–H groups in total. The summed E-state index contributed by atoms with van der Waals surface area (Å²) in [6.07, 6.45) is 0.960. The van der Waals surface area contributed by atoms with Crippen LogP contribution in [-0.2, 0) is 0 Å². The molecule has 2 aromatic rings. The molecule has 0 bridgehead atoms. The molecule has 2 rings (SSSR count). The summed E-state index contributed by atoms with van der Waals surface area (Å²) in [7, 11) is 0. The van der Waals surface area contributed by atoms with Crippen molar-refractivity contribution in [1.29, 1.82) is 0 Å². The van der Waals surface area contributed by atoms with Crippen LogP contribution in [0.3, 0.4) is 0 Å². The molecular weight excluding hydrogens is 295 g/mol. The Morgan fingerprint density at radius 1 is 1.35 bits per heavy atom. The smallest absolute Gasteiger partial charge is 0.445 e. The maximum Gasteiger partial charge on any atom is 0.510 e. The fourth-order valence-corrected chi connectivity index (χ4v) is 1.99. The van der Waals surface area contributed by atoms with Gasteiger partial charge in [-0.2, -0.15) is 5.10 Å². The third kappa shape index (κ3) is 3.47. The first-order valence-electron chi connectivity index (χ1n) is 5.36. The fraction of sp³-hybridized carbons (Fsp3) is 0. The SMILES string of the molecule is Nc1csc(NN=Cc2ccc(F)cc2[B-](F)(F)F)n1. The number of halogens is 4. The molecule has 0 aliphatic carbocycles. The summed E-state index contributed by atoms with van der Waals surface area (Å²) in [5.74, 6) is -0.661. The van der Waals surface area contributed by atoms with E-state index in [1.54, 1.807) is 5.38 Å². The van der Waals surface area contributed by atoms with Gasteiger partial charge in [-0.3, -0.25) is 5.43 Å². The van der Waals surface area contributed by atoms with Gasteiger partial charge in [-0.1, -0.05) is 17.6 Å². The second-order valence-electron chi connectivity index (χ2n) is 3.80. The third-order valence-electron chi connectivity index (χ3n) is 2.29. The Balaban J connectivity index is 2.20. The van der Waals surface area contributed by atoms with Crippen molar-refractivity contribution in [3.8, 4) is 0 Å². The van der Waals surface area contributed by atoms with Gasteiger partial charge in [0.2, 0.25) is 5.13 Å². The quantitative estimate of drug-likeness (QED) is 0.394. The molecule has 0 unspecified atom stereocenters. The molecule has 106 valence electrons. The standard InChI is InChI=1S/C10H8BF4N4S/c12-7-2-1-6(8(3-7)11(13,14)15)4-17-19-10-18-9(16)5-20-10/h1-5H,16H2,(H,18,19)/q-1. The predicted molar refractivity (Wildman–Crippen MR) is 72.9 cm³/mol. The molecule has 20 heavy (non-hydrogen) atoms. The summed E-state index contributed by atoms with van der Waals surface area (Å²) in [4.78, 5) is 3.82. The molecule has 0 aliphatic heterocycles. The zero-order valence-electron chi connectivity index (χ0n) is 9.86. The number of anilines is 2. The number of thiazole rings is 1. The first-order chi connectivity index (χ1) is 9.36. The Hall–Kier alpha value is -2.10. The average molecular weight is 303 g/mol. The number of nitrogens with two attached hydrogens (primary N) is 1. The summed E-state index contributed by atoms with van der Waals surface area (Å²) < 4.78 is 51.2. The molecule has 4 nitrogen and oxygen atoms in total. The number of rotatable bonds is 4. The number of nitrogen functional groups attached to an aromatic ring is 1. The van der Waals surface area contributed by atoms with Gasteiger partial charge in [-0.05, 0) is 11.6 Å². The van der Waals surface area contributed by atoms with Gasteiger partial charge in [0.05, 0.1) is 6.21 Å². The first kappa shape index (κ1) is 14.3. The van der Waals surface area contributed by atoms with E-state index in [1.807, 2.05) is 0 Å². The van der Waals surface area contributed by atoms with Gasteiger partial charge in [-0.25, -0.2) is 9.37 Å². The number of benzene rings is 1. The van der Waals surface area contributed by atoms with Gasteiger partial charge in [0, 0.05) is 5.38 Å². The Bertz CT molecular complexity index is 640. The minimum absolute atomic E-state index is 0.226. The predicted octanol–water partition coefficient (Wildman–Crippen LogP) is 2.36. The molecule has 10 heteroatoms. The Labute approximate surface area is 115 Å². The highest BCUT2D eigenvalue weighted by molar-refractivity contribution is 7.14. The van der Waals surface area contributed by atoms with E-state index >= 15 is 0 Å². The van der Waals surface area contributed by atoms with Crippen LogP contribution in [0.2, 0.25) is 0 Å². The van der Waals surface area contributed by atoms with Crippen molar-refractivity contribution < 1.29 is 17.3 Å². The zero-order chi connectivity index (χ0) is 14.8. The molecule has 1 aromatic carbocycles. The molecule has 0 amide bonds. The Morgan fingerprint density at radius 2 is 2.10 bits per heavy atom. The fourth-order valence-electron chi connectivity index (χ4n) is 1.44. The van der Waals surface area contributed by atoms with E-state index in [1.165, 1.54) is 0 Å². The monoisotopic (exact) mass is 303 g/mol. The number of hydrogen-bond donors (Lipinski definition) is 2. The van der Waals surface area contributed by atoms with Crippen LogP contribution >= 0.6 is 11.3 Å². The molecule has 0 radical (unpaired) electrons. The summed E-state index contributed by atoms with van der Waals surface area (Å²) in [5, 5.41) is 5.54. The third-order valence-corrected chi connectivity index (χ3v) is 3.05. The topological polar surface area (TPSA) is 63.3 Å². The first-order valence-corrected chi connectivity index (χ1v) is 6.23. The highest BCUT2D eigenvalue weighted by Gasteiger charge is 2.28. The molecule has 0 atom stereocenters. The van der Waals surface area contributed by atoms with Crippen molar-refractivity contribution in [1.82, 2.24) is 4.98 Å². The lowest BCUT2D eigenvalue weighted by Gasteiger charge is -2.17. The van der Waals surface area contributed by atoms with E-state index < -0.39 is 18.3 Å². The maximum absolute atomic E-state index is 12.9. The van der Waals surface area contributed by atoms with Crippen molar-refractivity contribution in [2.24, 2.45) is 5.10 Å². The lowest BCUT2D eigenvalue weighted by atomic mass is 9.77. The van der Waals surface area contributed by atoms with Gasteiger partial charge in [0.1, 0.15) is 11.6 Å². The van der Waals surface area contributed by atoms with Crippen molar-refractivity contribution in [2.75, 3.05) is 11.2 Å². The summed E-state index contributed by atoms with van der Waals surface area (Å²) >= 11 is 1.16. The molecule has 1 heterocycles. The Morgan fingerprint density at radius 3 is 2.70 bits per heavy atom. The van der Waals surface area contributed by atoms with Crippen LogP contribution in [-0.4, -0.2) is 18.2 Å². The van der Waals surface area contributed by atoms with E-state index in [0.717, 1.165) is 29.7 Å². The van der Waals surface area contributed by atoms with Crippen LogP contribution in [0.5, 0.6) is 0 Å². The van der Waals surface area contributed by atoms with Gasteiger partial charge in [0.25, 0.3) is 0 Å². The molecule has 0 fully saturated rings. The van der Waals surface area contributed by atoms with Gasteiger partial charge in [0.15, 0.2) is 0 Å². The number of aromatic nitrogens is 1. The van der Waals surface area contributed by atoms with Crippen LogP contribution < -0.4 is 16.6 Å². The summed E-state index contributed by atoms with van der Waals surface area (Å²) in [5.41, 5.74) is 6.57. The highest BCUT2D eigenvalue weighted by Crippen LogP contribution is 2.16. The molecule has 0 spiro atoms. The lowest BCUT2D eigenvalue weighted by Crippen LogP contribution is -2.37. The molecule has 0 saturated carbocycles. The van der Waals surface area contributed by atoms with Crippen molar-refractivity contribution in [2.45, 2.75) is 0 Å². The van der Waals surface area contributed by atoms with Crippen LogP contribution in [0.1, 0.15) is 5.56 Å². The minimum Gasteiger partial charge on any atom is -0.445 e. The molecule has 1 aromatic heterocycles. The largest absolute Gasteiger partial charge is 0.510 e. The minimum atomic E-state index is -5.32. The van der Waals surface area contributed by atoms with Gasteiger partial charge < -0.3 is 18.7 Å². The van der Waals surface area contributed by atoms with Crippen molar-refractivity contribution >= 4 is 40.9 Å². The summed E-state index contributed by atoms with van der Waals surface area (Å²) in [6.45, 7) is -5.32. The average Bonchev–Trinajstić information content (AvgIpc) is 2.76. The molecular formula is C10H8BF4N4S-. The summed E-state index contributed by atoms with van der Waals surface area (Å²) in [6, 6.07) is 2.40. The van der Waals surface area contributed by atoms with E-state index in [2.05, 4.69) is 15.5 Å². The van der Waals surface area contributed by atoms with Crippen molar-refractivity contribution in [3.63, 3.8) is 0 Å². The number of hydrogen-bond acceptors (Lipinski definition) is 5. The maximum atomic E-state index is 12.9. The second-order valence-corrected chi connectivity index (χ2v) is 4.65. The number of hydrazone groups is 1. The van der Waals surface area contributed by atoms with E-state index in [9.17, 15) is 17.3 Å². The number of nitrogens with one attached hydrogen (secondary N) is 1. The molecule has 0 aliphatic rings. The van der Waals surface area contributed by atoms with Crippen LogP contribution in [0.15, 0.2) is 28.7 Å².